The Morgan fingerprint density at radius 2 is 1.68 bits per heavy atom. The summed E-state index contributed by atoms with van der Waals surface area (Å²) >= 11 is 13.6. The number of methoxy groups -OCH3 is 1. The molecule has 1 heterocycles. The van der Waals surface area contributed by atoms with Gasteiger partial charge in [0.05, 0.1) is 46.9 Å². The number of ether oxygens (including phenoxy) is 2. The molecule has 3 N–H and O–H groups in total. The Kier molecular flexibility index (Phi) is 10.2. The van der Waals surface area contributed by atoms with Crippen molar-refractivity contribution in [2.75, 3.05) is 18.1 Å². The molecule has 0 radical (unpaired) electrons. The number of sulfonamides is 1. The molecule has 2 aromatic carbocycles. The molecule has 0 atom stereocenters. The summed E-state index contributed by atoms with van der Waals surface area (Å²) in [5, 5.41) is 5.19. The molecular formula is C26H29Cl2N5O6S2. The van der Waals surface area contributed by atoms with Crippen molar-refractivity contribution in [3.63, 3.8) is 0 Å². The van der Waals surface area contributed by atoms with Crippen LogP contribution in [0.5, 0.6) is 5.75 Å². The van der Waals surface area contributed by atoms with Gasteiger partial charge in [0.25, 0.3) is 5.91 Å². The van der Waals surface area contributed by atoms with Crippen LogP contribution in [0.2, 0.25) is 10.0 Å². The van der Waals surface area contributed by atoms with Crippen LogP contribution in [-0.4, -0.2) is 49.7 Å². The molecule has 1 aromatic heterocycles. The third-order valence-corrected chi connectivity index (χ3v) is 7.04. The van der Waals surface area contributed by atoms with Gasteiger partial charge in [0.1, 0.15) is 11.4 Å². The first-order valence-corrected chi connectivity index (χ1v) is 15.4. The monoisotopic (exact) mass is 641 g/mol. The smallest absolute Gasteiger partial charge is 0.414 e. The van der Waals surface area contributed by atoms with Crippen LogP contribution in [0.25, 0.3) is 11.3 Å². The van der Waals surface area contributed by atoms with Crippen molar-refractivity contribution in [1.29, 1.82) is 0 Å². The molecule has 0 aliphatic heterocycles. The number of anilines is 1. The molecule has 3 rings (SSSR count). The number of hydrogen-bond acceptors (Lipinski definition) is 9. The molecular weight excluding hydrogens is 613 g/mol. The van der Waals surface area contributed by atoms with Gasteiger partial charge in [0.2, 0.25) is 16.0 Å². The zero-order valence-electron chi connectivity index (χ0n) is 23.1. The standard InChI is InChI=1S/C26H29Cl2N5O6S2/c1-14-20(21(32-40-14)16-7-9-17(38-5)10-8-16)23(34)30-24(31-25(35)39-26(2,3)4)29-13-15-11-18(27)22(19(28)12-15)33-41(6,36)37/h7-12,33H,13H2,1-6H3,(H2,29,30,31,34,35). The van der Waals surface area contributed by atoms with Crippen LogP contribution in [0, 0.1) is 6.92 Å². The lowest BCUT2D eigenvalue weighted by atomic mass is 10.1. The second kappa shape index (κ2) is 13.1. The molecule has 0 unspecified atom stereocenters. The second-order valence-electron chi connectivity index (χ2n) is 9.75. The van der Waals surface area contributed by atoms with Crippen molar-refractivity contribution in [3.8, 4) is 17.0 Å². The lowest BCUT2D eigenvalue weighted by Gasteiger charge is -2.20. The van der Waals surface area contributed by atoms with Crippen molar-refractivity contribution < 1.29 is 27.5 Å². The summed E-state index contributed by atoms with van der Waals surface area (Å²) in [6, 6.07) is 10.0. The summed E-state index contributed by atoms with van der Waals surface area (Å²) in [6.07, 6.45) is 0.135. The molecule has 0 aliphatic rings. The number of halogens is 2. The summed E-state index contributed by atoms with van der Waals surface area (Å²) in [5.41, 5.74) is 1.15. The van der Waals surface area contributed by atoms with Crippen LogP contribution in [-0.2, 0) is 21.3 Å². The molecule has 15 heteroatoms. The van der Waals surface area contributed by atoms with E-state index in [1.165, 1.54) is 12.1 Å². The Morgan fingerprint density at radius 1 is 1.07 bits per heavy atom. The number of amides is 2. The highest BCUT2D eigenvalue weighted by Gasteiger charge is 2.23. The number of nitrogens with one attached hydrogen (secondary N) is 3. The van der Waals surface area contributed by atoms with Gasteiger partial charge >= 0.3 is 6.09 Å². The number of aromatic nitrogens is 1. The Morgan fingerprint density at radius 3 is 2.22 bits per heavy atom. The predicted molar refractivity (Wildman–Crippen MR) is 162 cm³/mol. The number of benzene rings is 2. The SMILES string of the molecule is COc1ccc(-c2nsc(C)c2C(=O)NC(=NCc2cc(Cl)c(NS(C)(=O)=O)c(Cl)c2)NC(=O)OC(C)(C)C)cc1. The number of aliphatic imine (C=N–C) groups is 1. The summed E-state index contributed by atoms with van der Waals surface area (Å²) in [7, 11) is -2.06. The molecule has 11 nitrogen and oxygen atoms in total. The van der Waals surface area contributed by atoms with Crippen LogP contribution in [0.1, 0.15) is 41.6 Å². The quantitative estimate of drug-likeness (QED) is 0.224. The summed E-state index contributed by atoms with van der Waals surface area (Å²) < 4.78 is 40.5. The van der Waals surface area contributed by atoms with Gasteiger partial charge in [-0.15, -0.1) is 0 Å². The average molecular weight is 643 g/mol. The van der Waals surface area contributed by atoms with Crippen molar-refractivity contribution >= 4 is 68.4 Å². The molecule has 0 bridgehead atoms. The van der Waals surface area contributed by atoms with E-state index in [4.69, 9.17) is 32.7 Å². The van der Waals surface area contributed by atoms with Crippen LogP contribution in [0.15, 0.2) is 41.4 Å². The van der Waals surface area contributed by atoms with E-state index in [0.29, 0.717) is 33.0 Å². The average Bonchev–Trinajstić information content (AvgIpc) is 3.24. The van der Waals surface area contributed by atoms with Crippen LogP contribution in [0.3, 0.4) is 0 Å². The highest BCUT2D eigenvalue weighted by atomic mass is 35.5. The van der Waals surface area contributed by atoms with Crippen LogP contribution >= 0.6 is 34.7 Å². The maximum Gasteiger partial charge on any atom is 0.414 e. The first-order chi connectivity index (χ1) is 19.1. The van der Waals surface area contributed by atoms with Crippen molar-refractivity contribution in [2.24, 2.45) is 4.99 Å². The predicted octanol–water partition coefficient (Wildman–Crippen LogP) is 5.62. The largest absolute Gasteiger partial charge is 0.497 e. The molecule has 220 valence electrons. The van der Waals surface area contributed by atoms with Gasteiger partial charge in [0, 0.05) is 10.4 Å². The van der Waals surface area contributed by atoms with E-state index in [2.05, 4.69) is 24.7 Å². The number of aryl methyl sites for hydroxylation is 1. The molecule has 3 aromatic rings. The number of alkyl carbamates (subject to hydrolysis) is 1. The number of carbonyl (C=O) groups is 2. The molecule has 0 fully saturated rings. The molecule has 0 aliphatic carbocycles. The van der Waals surface area contributed by atoms with Gasteiger partial charge in [0.15, 0.2) is 0 Å². The number of carbonyl (C=O) groups excluding carboxylic acids is 2. The first kappa shape index (κ1) is 32.1. The lowest BCUT2D eigenvalue weighted by Crippen LogP contribution is -2.46. The molecule has 0 spiro atoms. The molecule has 2 amide bonds. The van der Waals surface area contributed by atoms with Crippen molar-refractivity contribution in [3.05, 3.63) is 62.4 Å². The second-order valence-corrected chi connectivity index (χ2v) is 13.3. The number of rotatable bonds is 7. The Labute approximate surface area is 252 Å². The maximum absolute atomic E-state index is 13.5. The fraction of sp³-hybridized carbons (Fsp3) is 0.308. The normalized spacial score (nSPS) is 12.0. The highest BCUT2D eigenvalue weighted by molar-refractivity contribution is 7.92. The van der Waals surface area contributed by atoms with Gasteiger partial charge in [-0.1, -0.05) is 23.2 Å². The molecule has 41 heavy (non-hydrogen) atoms. The van der Waals surface area contributed by atoms with E-state index in [1.807, 2.05) is 0 Å². The first-order valence-electron chi connectivity index (χ1n) is 12.0. The van der Waals surface area contributed by atoms with E-state index >= 15 is 0 Å². The van der Waals surface area contributed by atoms with E-state index in [9.17, 15) is 18.0 Å². The Bertz CT molecular complexity index is 1560. The summed E-state index contributed by atoms with van der Waals surface area (Å²) in [4.78, 5) is 31.0. The third kappa shape index (κ3) is 9.32. The minimum atomic E-state index is -3.62. The molecule has 0 saturated heterocycles. The third-order valence-electron chi connectivity index (χ3n) is 5.11. The molecule has 0 saturated carbocycles. The fourth-order valence-electron chi connectivity index (χ4n) is 3.44. The Hall–Kier alpha value is -3.39. The Balaban J connectivity index is 1.92. The topological polar surface area (TPSA) is 148 Å². The highest BCUT2D eigenvalue weighted by Crippen LogP contribution is 2.33. The van der Waals surface area contributed by atoms with E-state index < -0.39 is 27.6 Å². The number of nitrogens with zero attached hydrogens (tertiary/aromatic N) is 2. The van der Waals surface area contributed by atoms with E-state index in [-0.39, 0.29) is 28.2 Å². The van der Waals surface area contributed by atoms with Crippen LogP contribution < -0.4 is 20.1 Å². The van der Waals surface area contributed by atoms with E-state index in [0.717, 1.165) is 17.8 Å². The van der Waals surface area contributed by atoms with Crippen molar-refractivity contribution in [1.82, 2.24) is 15.0 Å². The maximum atomic E-state index is 13.5. The van der Waals surface area contributed by atoms with Gasteiger partial charge in [-0.3, -0.25) is 20.2 Å². The van der Waals surface area contributed by atoms with Gasteiger partial charge < -0.3 is 9.47 Å². The van der Waals surface area contributed by atoms with Gasteiger partial charge in [-0.25, -0.2) is 18.2 Å². The summed E-state index contributed by atoms with van der Waals surface area (Å²) in [6.45, 7) is 6.75. The fourth-order valence-corrected chi connectivity index (χ4v) is 5.47. The number of guanidine groups is 1. The zero-order chi connectivity index (χ0) is 30.5. The summed E-state index contributed by atoms with van der Waals surface area (Å²) in [5.74, 6) is -0.0928. The lowest BCUT2D eigenvalue weighted by molar-refractivity contribution is 0.0561. The van der Waals surface area contributed by atoms with E-state index in [1.54, 1.807) is 59.1 Å². The zero-order valence-corrected chi connectivity index (χ0v) is 26.2. The minimum Gasteiger partial charge on any atom is -0.497 e. The van der Waals surface area contributed by atoms with Crippen molar-refractivity contribution in [2.45, 2.75) is 39.8 Å². The van der Waals surface area contributed by atoms with Crippen LogP contribution in [0.4, 0.5) is 10.5 Å². The minimum absolute atomic E-state index is 0.0236. The van der Waals surface area contributed by atoms with Gasteiger partial charge in [-0.2, -0.15) is 4.37 Å². The number of hydrogen-bond donors (Lipinski definition) is 3. The van der Waals surface area contributed by atoms with Gasteiger partial charge in [-0.05, 0) is 81.2 Å².